The van der Waals surface area contributed by atoms with Gasteiger partial charge in [0.25, 0.3) is 0 Å². The molecule has 23 heavy (non-hydrogen) atoms. The Hall–Kier alpha value is -2.22. The molecule has 0 saturated carbocycles. The summed E-state index contributed by atoms with van der Waals surface area (Å²) in [7, 11) is 1.56. The second kappa shape index (κ2) is 6.91. The number of amides is 3. The van der Waals surface area contributed by atoms with Crippen LogP contribution < -0.4 is 4.90 Å². The maximum Gasteiger partial charge on any atom is 0.327 e. The highest BCUT2D eigenvalue weighted by Gasteiger charge is 2.40. The first-order chi connectivity index (χ1) is 11.2. The molecule has 8 nitrogen and oxygen atoms in total. The quantitative estimate of drug-likeness (QED) is 0.729. The zero-order valence-corrected chi connectivity index (χ0v) is 13.2. The topological polar surface area (TPSA) is 78.9 Å². The van der Waals surface area contributed by atoms with Crippen LogP contribution in [0.25, 0.3) is 0 Å². The minimum absolute atomic E-state index is 0.0963. The first-order valence-electron chi connectivity index (χ1n) is 7.82. The highest BCUT2D eigenvalue weighted by Crippen LogP contribution is 2.23. The van der Waals surface area contributed by atoms with Gasteiger partial charge in [-0.25, -0.2) is 14.8 Å². The van der Waals surface area contributed by atoms with Gasteiger partial charge in [-0.2, -0.15) is 0 Å². The highest BCUT2D eigenvalue weighted by atomic mass is 16.5. The number of anilines is 1. The Balaban J connectivity index is 1.58. The lowest BCUT2D eigenvalue weighted by Crippen LogP contribution is -2.47. The molecule has 3 rings (SSSR count). The third kappa shape index (κ3) is 3.26. The summed E-state index contributed by atoms with van der Waals surface area (Å²) in [5.74, 6) is 0.581. The van der Waals surface area contributed by atoms with Gasteiger partial charge in [0.1, 0.15) is 6.54 Å². The SMILES string of the molecule is COCCN1C(=O)CN(C2CCN(c3ncccn3)CC2)C1=O. The predicted octanol–water partition coefficient (Wildman–Crippen LogP) is 0.356. The van der Waals surface area contributed by atoms with Gasteiger partial charge in [0.05, 0.1) is 13.2 Å². The van der Waals surface area contributed by atoms with Crippen molar-refractivity contribution in [2.24, 2.45) is 0 Å². The summed E-state index contributed by atoms with van der Waals surface area (Å²) in [6.07, 6.45) is 5.08. The number of piperidine rings is 1. The minimum Gasteiger partial charge on any atom is -0.383 e. The van der Waals surface area contributed by atoms with Crippen molar-refractivity contribution in [3.05, 3.63) is 18.5 Å². The lowest BCUT2D eigenvalue weighted by molar-refractivity contribution is -0.125. The average molecular weight is 319 g/mol. The fraction of sp³-hybridized carbons (Fsp3) is 0.600. The zero-order valence-electron chi connectivity index (χ0n) is 13.2. The molecule has 2 aliphatic heterocycles. The van der Waals surface area contributed by atoms with Crippen molar-refractivity contribution in [2.75, 3.05) is 44.8 Å². The third-order valence-corrected chi connectivity index (χ3v) is 4.34. The molecular formula is C15H21N5O3. The lowest BCUT2D eigenvalue weighted by atomic mass is 10.0. The average Bonchev–Trinajstić information content (AvgIpc) is 2.88. The predicted molar refractivity (Wildman–Crippen MR) is 83.0 cm³/mol. The summed E-state index contributed by atoms with van der Waals surface area (Å²) >= 11 is 0. The molecule has 0 radical (unpaired) electrons. The second-order valence-corrected chi connectivity index (χ2v) is 5.72. The van der Waals surface area contributed by atoms with E-state index in [0.29, 0.717) is 13.2 Å². The van der Waals surface area contributed by atoms with Crippen LogP contribution in [-0.2, 0) is 9.53 Å². The number of rotatable bonds is 5. The normalized spacial score (nSPS) is 19.8. The van der Waals surface area contributed by atoms with Crippen LogP contribution in [-0.4, -0.2) is 77.6 Å². The van der Waals surface area contributed by atoms with E-state index < -0.39 is 0 Å². The molecule has 0 N–H and O–H groups in total. The van der Waals surface area contributed by atoms with Gasteiger partial charge in [-0.1, -0.05) is 0 Å². The van der Waals surface area contributed by atoms with Crippen LogP contribution in [0.1, 0.15) is 12.8 Å². The fourth-order valence-corrected chi connectivity index (χ4v) is 3.08. The van der Waals surface area contributed by atoms with Crippen LogP contribution in [0.3, 0.4) is 0 Å². The van der Waals surface area contributed by atoms with E-state index in [0.717, 1.165) is 31.9 Å². The molecule has 3 amide bonds. The summed E-state index contributed by atoms with van der Waals surface area (Å²) in [6.45, 7) is 2.43. The Bertz CT molecular complexity index is 559. The summed E-state index contributed by atoms with van der Waals surface area (Å²) in [5, 5.41) is 0. The van der Waals surface area contributed by atoms with E-state index in [4.69, 9.17) is 4.74 Å². The van der Waals surface area contributed by atoms with E-state index in [2.05, 4.69) is 14.9 Å². The van der Waals surface area contributed by atoms with Crippen LogP contribution >= 0.6 is 0 Å². The molecule has 2 saturated heterocycles. The van der Waals surface area contributed by atoms with Crippen molar-refractivity contribution >= 4 is 17.9 Å². The Kier molecular flexibility index (Phi) is 4.71. The molecule has 0 spiro atoms. The number of hydrogen-bond donors (Lipinski definition) is 0. The van der Waals surface area contributed by atoms with Crippen molar-refractivity contribution in [1.29, 1.82) is 0 Å². The molecule has 0 aliphatic carbocycles. The smallest absolute Gasteiger partial charge is 0.327 e. The molecule has 0 atom stereocenters. The number of methoxy groups -OCH3 is 1. The number of carbonyl (C=O) groups is 2. The molecule has 1 aromatic rings. The summed E-state index contributed by atoms with van der Waals surface area (Å²) in [6, 6.07) is 1.69. The van der Waals surface area contributed by atoms with Crippen LogP contribution in [0.4, 0.5) is 10.7 Å². The lowest BCUT2D eigenvalue weighted by Gasteiger charge is -2.36. The molecule has 1 aromatic heterocycles. The van der Waals surface area contributed by atoms with E-state index in [1.807, 2.05) is 0 Å². The number of nitrogens with zero attached hydrogens (tertiary/aromatic N) is 5. The standard InChI is InChI=1S/C15H21N5O3/c1-23-10-9-19-13(21)11-20(15(19)22)12-3-7-18(8-4-12)14-16-5-2-6-17-14/h2,5-6,12H,3-4,7-11H2,1H3. The van der Waals surface area contributed by atoms with Gasteiger partial charge in [0, 0.05) is 38.6 Å². The van der Waals surface area contributed by atoms with E-state index in [1.165, 1.54) is 4.90 Å². The van der Waals surface area contributed by atoms with Gasteiger partial charge >= 0.3 is 6.03 Å². The minimum atomic E-state index is -0.193. The monoisotopic (exact) mass is 319 g/mol. The van der Waals surface area contributed by atoms with E-state index in [-0.39, 0.29) is 24.5 Å². The number of imide groups is 1. The molecule has 0 aromatic carbocycles. The first kappa shape index (κ1) is 15.7. The number of urea groups is 1. The van der Waals surface area contributed by atoms with Crippen molar-refractivity contribution in [3.63, 3.8) is 0 Å². The van der Waals surface area contributed by atoms with Crippen LogP contribution in [0.15, 0.2) is 18.5 Å². The van der Waals surface area contributed by atoms with Gasteiger partial charge in [-0.05, 0) is 18.9 Å². The van der Waals surface area contributed by atoms with E-state index in [1.54, 1.807) is 30.5 Å². The second-order valence-electron chi connectivity index (χ2n) is 5.72. The Labute approximate surface area is 135 Å². The maximum absolute atomic E-state index is 12.4. The van der Waals surface area contributed by atoms with E-state index >= 15 is 0 Å². The Morgan fingerprint density at radius 2 is 1.91 bits per heavy atom. The molecule has 124 valence electrons. The van der Waals surface area contributed by atoms with Crippen LogP contribution in [0.5, 0.6) is 0 Å². The summed E-state index contributed by atoms with van der Waals surface area (Å²) < 4.78 is 4.96. The molecule has 2 fully saturated rings. The molecule has 8 heteroatoms. The van der Waals surface area contributed by atoms with Gasteiger partial charge in [-0.3, -0.25) is 9.69 Å². The molecule has 0 unspecified atom stereocenters. The van der Waals surface area contributed by atoms with Crippen molar-refractivity contribution < 1.29 is 14.3 Å². The van der Waals surface area contributed by atoms with Crippen molar-refractivity contribution in [1.82, 2.24) is 19.8 Å². The number of aromatic nitrogens is 2. The maximum atomic E-state index is 12.4. The highest BCUT2D eigenvalue weighted by molar-refractivity contribution is 6.02. The summed E-state index contributed by atoms with van der Waals surface area (Å²) in [4.78, 5) is 38.0. The Morgan fingerprint density at radius 1 is 1.22 bits per heavy atom. The van der Waals surface area contributed by atoms with Gasteiger partial charge in [0.15, 0.2) is 0 Å². The summed E-state index contributed by atoms with van der Waals surface area (Å²) in [5.41, 5.74) is 0. The zero-order chi connectivity index (χ0) is 16.2. The van der Waals surface area contributed by atoms with E-state index in [9.17, 15) is 9.59 Å². The van der Waals surface area contributed by atoms with Crippen LogP contribution in [0, 0.1) is 0 Å². The van der Waals surface area contributed by atoms with Gasteiger partial charge in [0.2, 0.25) is 11.9 Å². The third-order valence-electron chi connectivity index (χ3n) is 4.34. The van der Waals surface area contributed by atoms with Gasteiger partial charge in [-0.15, -0.1) is 0 Å². The molecular weight excluding hydrogens is 298 g/mol. The number of carbonyl (C=O) groups excluding carboxylic acids is 2. The number of ether oxygens (including phenoxy) is 1. The molecule has 2 aliphatic rings. The van der Waals surface area contributed by atoms with Gasteiger partial charge < -0.3 is 14.5 Å². The molecule has 0 bridgehead atoms. The first-order valence-corrected chi connectivity index (χ1v) is 7.82. The number of hydrogen-bond acceptors (Lipinski definition) is 6. The Morgan fingerprint density at radius 3 is 2.57 bits per heavy atom. The van der Waals surface area contributed by atoms with Crippen molar-refractivity contribution in [2.45, 2.75) is 18.9 Å². The largest absolute Gasteiger partial charge is 0.383 e. The van der Waals surface area contributed by atoms with Crippen LogP contribution in [0.2, 0.25) is 0 Å². The molecule has 3 heterocycles. The van der Waals surface area contributed by atoms with Crippen molar-refractivity contribution in [3.8, 4) is 0 Å². The fourth-order valence-electron chi connectivity index (χ4n) is 3.08.